The minimum atomic E-state index is -0.0897. The standard InChI is InChI=1S/C13H14O3/c1-4-5-9-16-12-8-6-7-11(15-3)13(12)10(2)14/h1,6-8H,5,9H2,2-3H3. The molecule has 0 unspecified atom stereocenters. The predicted octanol–water partition coefficient (Wildman–Crippen LogP) is 2.30. The van der Waals surface area contributed by atoms with Gasteiger partial charge in [0.2, 0.25) is 0 Å². The lowest BCUT2D eigenvalue weighted by Gasteiger charge is -2.11. The second-order valence-electron chi connectivity index (χ2n) is 3.19. The molecule has 0 bridgehead atoms. The fraction of sp³-hybridized carbons (Fsp3) is 0.308. The minimum Gasteiger partial charge on any atom is -0.496 e. The van der Waals surface area contributed by atoms with Crippen LogP contribution in [0.3, 0.4) is 0 Å². The Morgan fingerprint density at radius 2 is 2.12 bits per heavy atom. The van der Waals surface area contributed by atoms with Crippen LogP contribution in [0.25, 0.3) is 0 Å². The highest BCUT2D eigenvalue weighted by molar-refractivity contribution is 5.99. The van der Waals surface area contributed by atoms with E-state index in [1.165, 1.54) is 14.0 Å². The number of terminal acetylenes is 1. The maximum absolute atomic E-state index is 11.5. The third-order valence-electron chi connectivity index (χ3n) is 2.06. The van der Waals surface area contributed by atoms with Crippen molar-refractivity contribution in [1.82, 2.24) is 0 Å². The summed E-state index contributed by atoms with van der Waals surface area (Å²) < 4.78 is 10.6. The number of hydrogen-bond acceptors (Lipinski definition) is 3. The number of carbonyl (C=O) groups is 1. The predicted molar refractivity (Wildman–Crippen MR) is 61.9 cm³/mol. The molecule has 0 saturated heterocycles. The highest BCUT2D eigenvalue weighted by Gasteiger charge is 2.14. The highest BCUT2D eigenvalue weighted by Crippen LogP contribution is 2.28. The average Bonchev–Trinajstić information content (AvgIpc) is 2.28. The lowest BCUT2D eigenvalue weighted by Crippen LogP contribution is -2.04. The Labute approximate surface area is 95.4 Å². The van der Waals surface area contributed by atoms with Crippen LogP contribution in [0.2, 0.25) is 0 Å². The molecule has 0 aliphatic heterocycles. The maximum Gasteiger partial charge on any atom is 0.167 e. The van der Waals surface area contributed by atoms with Crippen LogP contribution in [0, 0.1) is 12.3 Å². The molecule has 0 heterocycles. The van der Waals surface area contributed by atoms with Gasteiger partial charge in [-0.2, -0.15) is 0 Å². The molecule has 0 aliphatic rings. The largest absolute Gasteiger partial charge is 0.496 e. The number of rotatable bonds is 5. The van der Waals surface area contributed by atoms with E-state index in [0.29, 0.717) is 30.1 Å². The second kappa shape index (κ2) is 5.82. The highest BCUT2D eigenvalue weighted by atomic mass is 16.5. The fourth-order valence-electron chi connectivity index (χ4n) is 1.37. The van der Waals surface area contributed by atoms with E-state index in [-0.39, 0.29) is 5.78 Å². The Balaban J connectivity index is 2.99. The third-order valence-corrected chi connectivity index (χ3v) is 2.06. The molecular formula is C13H14O3. The van der Waals surface area contributed by atoms with Crippen LogP contribution in [0.5, 0.6) is 11.5 Å². The van der Waals surface area contributed by atoms with Crippen molar-refractivity contribution < 1.29 is 14.3 Å². The number of benzene rings is 1. The first-order valence-electron chi connectivity index (χ1n) is 4.95. The molecule has 16 heavy (non-hydrogen) atoms. The molecular weight excluding hydrogens is 204 g/mol. The van der Waals surface area contributed by atoms with Gasteiger partial charge in [0.15, 0.2) is 5.78 Å². The van der Waals surface area contributed by atoms with Gasteiger partial charge in [0, 0.05) is 6.42 Å². The molecule has 1 rings (SSSR count). The first-order chi connectivity index (χ1) is 7.70. The van der Waals surface area contributed by atoms with Gasteiger partial charge < -0.3 is 9.47 Å². The third kappa shape index (κ3) is 2.77. The van der Waals surface area contributed by atoms with Gasteiger partial charge in [-0.05, 0) is 19.1 Å². The van der Waals surface area contributed by atoms with Crippen molar-refractivity contribution in [2.75, 3.05) is 13.7 Å². The topological polar surface area (TPSA) is 35.5 Å². The zero-order valence-corrected chi connectivity index (χ0v) is 9.45. The molecule has 1 aromatic rings. The Hall–Kier alpha value is -1.95. The lowest BCUT2D eigenvalue weighted by molar-refractivity contribution is 0.101. The van der Waals surface area contributed by atoms with Crippen molar-refractivity contribution in [3.8, 4) is 23.8 Å². The van der Waals surface area contributed by atoms with Gasteiger partial charge in [0.25, 0.3) is 0 Å². The molecule has 0 amide bonds. The van der Waals surface area contributed by atoms with Crippen LogP contribution >= 0.6 is 0 Å². The van der Waals surface area contributed by atoms with Crippen LogP contribution in [0.4, 0.5) is 0 Å². The van der Waals surface area contributed by atoms with E-state index >= 15 is 0 Å². The normalized spacial score (nSPS) is 9.31. The smallest absolute Gasteiger partial charge is 0.167 e. The van der Waals surface area contributed by atoms with E-state index in [1.54, 1.807) is 18.2 Å². The zero-order chi connectivity index (χ0) is 12.0. The quantitative estimate of drug-likeness (QED) is 0.432. The molecule has 3 nitrogen and oxygen atoms in total. The van der Waals surface area contributed by atoms with Crippen molar-refractivity contribution in [1.29, 1.82) is 0 Å². The zero-order valence-electron chi connectivity index (χ0n) is 9.45. The molecule has 0 radical (unpaired) electrons. The van der Waals surface area contributed by atoms with Gasteiger partial charge in [-0.15, -0.1) is 12.3 Å². The minimum absolute atomic E-state index is 0.0897. The van der Waals surface area contributed by atoms with Crippen molar-refractivity contribution in [2.45, 2.75) is 13.3 Å². The SMILES string of the molecule is C#CCCOc1cccc(OC)c1C(C)=O. The molecule has 0 spiro atoms. The van der Waals surface area contributed by atoms with Gasteiger partial charge in [0.05, 0.1) is 13.7 Å². The monoisotopic (exact) mass is 218 g/mol. The van der Waals surface area contributed by atoms with E-state index < -0.39 is 0 Å². The summed E-state index contributed by atoms with van der Waals surface area (Å²) >= 11 is 0. The van der Waals surface area contributed by atoms with Gasteiger partial charge in [0.1, 0.15) is 17.1 Å². The summed E-state index contributed by atoms with van der Waals surface area (Å²) in [5, 5.41) is 0. The van der Waals surface area contributed by atoms with Crippen LogP contribution in [0.15, 0.2) is 18.2 Å². The summed E-state index contributed by atoms with van der Waals surface area (Å²) in [4.78, 5) is 11.5. The Kier molecular flexibility index (Phi) is 4.41. The van der Waals surface area contributed by atoms with Crippen molar-refractivity contribution in [2.24, 2.45) is 0 Å². The molecule has 0 fully saturated rings. The van der Waals surface area contributed by atoms with E-state index in [2.05, 4.69) is 5.92 Å². The van der Waals surface area contributed by atoms with Gasteiger partial charge in [-0.25, -0.2) is 0 Å². The number of Topliss-reactive ketones (excluding diaryl/α,β-unsaturated/α-hetero) is 1. The van der Waals surface area contributed by atoms with Gasteiger partial charge in [-0.3, -0.25) is 4.79 Å². The van der Waals surface area contributed by atoms with Gasteiger partial charge in [-0.1, -0.05) is 6.07 Å². The molecule has 0 N–H and O–H groups in total. The average molecular weight is 218 g/mol. The van der Waals surface area contributed by atoms with Crippen LogP contribution in [0.1, 0.15) is 23.7 Å². The first-order valence-corrected chi connectivity index (χ1v) is 4.95. The number of carbonyl (C=O) groups excluding carboxylic acids is 1. The maximum atomic E-state index is 11.5. The molecule has 0 aromatic heterocycles. The van der Waals surface area contributed by atoms with Crippen molar-refractivity contribution in [3.63, 3.8) is 0 Å². The van der Waals surface area contributed by atoms with E-state index in [1.807, 2.05) is 0 Å². The Morgan fingerprint density at radius 3 is 2.69 bits per heavy atom. The Morgan fingerprint density at radius 1 is 1.44 bits per heavy atom. The summed E-state index contributed by atoms with van der Waals surface area (Å²) in [5.74, 6) is 3.42. The van der Waals surface area contributed by atoms with Crippen molar-refractivity contribution >= 4 is 5.78 Å². The molecule has 84 valence electrons. The van der Waals surface area contributed by atoms with Crippen LogP contribution < -0.4 is 9.47 Å². The van der Waals surface area contributed by atoms with Gasteiger partial charge >= 0.3 is 0 Å². The summed E-state index contributed by atoms with van der Waals surface area (Å²) in [6.07, 6.45) is 5.63. The summed E-state index contributed by atoms with van der Waals surface area (Å²) in [6.45, 7) is 1.87. The molecule has 3 heteroatoms. The number of ether oxygens (including phenoxy) is 2. The molecule has 0 atom stereocenters. The van der Waals surface area contributed by atoms with Crippen LogP contribution in [-0.2, 0) is 0 Å². The molecule has 0 saturated carbocycles. The summed E-state index contributed by atoms with van der Waals surface area (Å²) in [7, 11) is 1.52. The number of hydrogen-bond donors (Lipinski definition) is 0. The molecule has 0 aliphatic carbocycles. The summed E-state index contributed by atoms with van der Waals surface area (Å²) in [6, 6.07) is 5.23. The lowest BCUT2D eigenvalue weighted by atomic mass is 10.1. The van der Waals surface area contributed by atoms with E-state index in [0.717, 1.165) is 0 Å². The number of methoxy groups -OCH3 is 1. The first kappa shape index (κ1) is 12.1. The van der Waals surface area contributed by atoms with E-state index in [4.69, 9.17) is 15.9 Å². The molecule has 1 aromatic carbocycles. The van der Waals surface area contributed by atoms with Crippen molar-refractivity contribution in [3.05, 3.63) is 23.8 Å². The van der Waals surface area contributed by atoms with Crippen LogP contribution in [-0.4, -0.2) is 19.5 Å². The van der Waals surface area contributed by atoms with E-state index in [9.17, 15) is 4.79 Å². The fourth-order valence-corrected chi connectivity index (χ4v) is 1.37. The Bertz CT molecular complexity index is 416. The summed E-state index contributed by atoms with van der Waals surface area (Å²) in [5.41, 5.74) is 0.460. The second-order valence-corrected chi connectivity index (χ2v) is 3.19. The number of ketones is 1.